The molecule has 2 amide bonds. The Labute approximate surface area is 174 Å². The summed E-state index contributed by atoms with van der Waals surface area (Å²) in [4.78, 5) is 29.7. The zero-order chi connectivity index (χ0) is 21.8. The molecule has 2 saturated heterocycles. The van der Waals surface area contributed by atoms with Crippen LogP contribution in [0.25, 0.3) is 5.69 Å². The van der Waals surface area contributed by atoms with Crippen LogP contribution in [0.15, 0.2) is 24.5 Å². The molecular weight excluding hydrogens is 389 g/mol. The van der Waals surface area contributed by atoms with Crippen LogP contribution in [0.5, 0.6) is 0 Å². The Bertz CT molecular complexity index is 1000. The molecule has 1 aromatic carbocycles. The van der Waals surface area contributed by atoms with Gasteiger partial charge in [0.05, 0.1) is 17.9 Å². The minimum atomic E-state index is -0.987. The molecule has 2 atom stereocenters. The first-order chi connectivity index (χ1) is 14.1. The highest BCUT2D eigenvalue weighted by molar-refractivity contribution is 5.98. The van der Waals surface area contributed by atoms with E-state index >= 15 is 4.39 Å². The molecule has 2 aliphatic rings. The molecule has 1 N–H and O–H groups in total. The predicted molar refractivity (Wildman–Crippen MR) is 107 cm³/mol. The lowest BCUT2D eigenvalue weighted by molar-refractivity contribution is -0.158. The van der Waals surface area contributed by atoms with Crippen molar-refractivity contribution in [3.63, 3.8) is 0 Å². The van der Waals surface area contributed by atoms with E-state index in [2.05, 4.69) is 10.2 Å². The number of piperidine rings is 1. The number of benzene rings is 1. The molecule has 0 aliphatic carbocycles. The standard InChI is InChI=1S/C21H26FN5O3/c1-13-5-6-15(27-23-8-9-24-27)16(17(13)22)18(28)25-10-7-14-11-26(19(29)30)21(14,12-25)20(2,3)4/h5-6,8-9,14H,7,10-12H2,1-4H3,(H,29,30)/t14-,21?/m0/s1. The number of likely N-dealkylation sites (tertiary alicyclic amines) is 2. The van der Waals surface area contributed by atoms with Crippen molar-refractivity contribution in [1.82, 2.24) is 24.8 Å². The van der Waals surface area contributed by atoms with E-state index in [0.717, 1.165) is 0 Å². The number of fused-ring (bicyclic) bond motifs is 1. The second-order valence-corrected chi connectivity index (χ2v) is 9.19. The van der Waals surface area contributed by atoms with Crippen molar-refractivity contribution >= 4 is 12.0 Å². The topological polar surface area (TPSA) is 91.6 Å². The number of rotatable bonds is 2. The average molecular weight is 415 g/mol. The van der Waals surface area contributed by atoms with Gasteiger partial charge in [0, 0.05) is 25.6 Å². The number of halogens is 1. The van der Waals surface area contributed by atoms with Gasteiger partial charge in [-0.1, -0.05) is 26.8 Å². The number of hydrogen-bond donors (Lipinski definition) is 1. The molecule has 160 valence electrons. The lowest BCUT2D eigenvalue weighted by Gasteiger charge is -2.67. The lowest BCUT2D eigenvalue weighted by atomic mass is 9.57. The van der Waals surface area contributed by atoms with Crippen LogP contribution < -0.4 is 0 Å². The van der Waals surface area contributed by atoms with Crippen molar-refractivity contribution in [1.29, 1.82) is 0 Å². The van der Waals surface area contributed by atoms with Gasteiger partial charge in [-0.2, -0.15) is 15.0 Å². The number of nitrogens with zero attached hydrogens (tertiary/aromatic N) is 5. The number of amides is 2. The molecule has 0 bridgehead atoms. The van der Waals surface area contributed by atoms with E-state index < -0.39 is 23.4 Å². The molecular formula is C21H26FN5O3. The van der Waals surface area contributed by atoms with Gasteiger partial charge in [-0.15, -0.1) is 0 Å². The molecule has 0 radical (unpaired) electrons. The van der Waals surface area contributed by atoms with Crippen molar-refractivity contribution in [2.45, 2.75) is 39.7 Å². The molecule has 9 heteroatoms. The van der Waals surface area contributed by atoms with Gasteiger partial charge in [0.2, 0.25) is 0 Å². The van der Waals surface area contributed by atoms with E-state index in [1.54, 1.807) is 24.0 Å². The van der Waals surface area contributed by atoms with Crippen molar-refractivity contribution in [3.05, 3.63) is 41.5 Å². The van der Waals surface area contributed by atoms with Gasteiger partial charge in [0.25, 0.3) is 5.91 Å². The van der Waals surface area contributed by atoms with Gasteiger partial charge < -0.3 is 10.0 Å². The number of carboxylic acid groups (broad SMARTS) is 1. The van der Waals surface area contributed by atoms with E-state index in [1.807, 2.05) is 20.8 Å². The molecule has 2 aliphatic heterocycles. The van der Waals surface area contributed by atoms with Crippen LogP contribution in [0.3, 0.4) is 0 Å². The van der Waals surface area contributed by atoms with Crippen LogP contribution in [0.1, 0.15) is 43.1 Å². The SMILES string of the molecule is Cc1ccc(-n2nccn2)c(C(=O)N2CC[C@H]3CN(C(=O)O)C3(C(C)(C)C)C2)c1F. The van der Waals surface area contributed by atoms with Gasteiger partial charge in [0.1, 0.15) is 17.1 Å². The Kier molecular flexibility index (Phi) is 4.59. The minimum Gasteiger partial charge on any atom is -0.465 e. The summed E-state index contributed by atoms with van der Waals surface area (Å²) in [5.41, 5.74) is -0.550. The van der Waals surface area contributed by atoms with E-state index in [-0.39, 0.29) is 29.1 Å². The largest absolute Gasteiger partial charge is 0.465 e. The molecule has 2 fully saturated rings. The monoisotopic (exact) mass is 415 g/mol. The Hall–Kier alpha value is -2.97. The first-order valence-corrected chi connectivity index (χ1v) is 10.0. The smallest absolute Gasteiger partial charge is 0.407 e. The Balaban J connectivity index is 1.75. The first-order valence-electron chi connectivity index (χ1n) is 10.0. The number of aromatic nitrogens is 3. The number of hydrogen-bond acceptors (Lipinski definition) is 4. The van der Waals surface area contributed by atoms with Crippen LogP contribution in [-0.2, 0) is 0 Å². The van der Waals surface area contributed by atoms with E-state index in [1.165, 1.54) is 22.1 Å². The van der Waals surface area contributed by atoms with Gasteiger partial charge in [-0.25, -0.2) is 9.18 Å². The number of carbonyl (C=O) groups is 2. The fourth-order valence-corrected chi connectivity index (χ4v) is 5.08. The second-order valence-electron chi connectivity index (χ2n) is 9.19. The van der Waals surface area contributed by atoms with Crippen molar-refractivity contribution in [2.75, 3.05) is 19.6 Å². The van der Waals surface area contributed by atoms with E-state index in [4.69, 9.17) is 0 Å². The summed E-state index contributed by atoms with van der Waals surface area (Å²) in [6.45, 7) is 8.74. The van der Waals surface area contributed by atoms with Crippen molar-refractivity contribution in [2.24, 2.45) is 11.3 Å². The van der Waals surface area contributed by atoms with Gasteiger partial charge in [0.15, 0.2) is 0 Å². The molecule has 2 aromatic rings. The zero-order valence-corrected chi connectivity index (χ0v) is 17.6. The molecule has 4 rings (SSSR count). The molecule has 0 spiro atoms. The summed E-state index contributed by atoms with van der Waals surface area (Å²) in [5.74, 6) is -0.902. The zero-order valence-electron chi connectivity index (χ0n) is 17.6. The Morgan fingerprint density at radius 1 is 1.23 bits per heavy atom. The Morgan fingerprint density at radius 3 is 2.50 bits per heavy atom. The van der Waals surface area contributed by atoms with Crippen molar-refractivity contribution in [3.8, 4) is 5.69 Å². The molecule has 1 aromatic heterocycles. The number of aryl methyl sites for hydroxylation is 1. The highest BCUT2D eigenvalue weighted by Gasteiger charge is 2.64. The maximum Gasteiger partial charge on any atom is 0.407 e. The molecule has 8 nitrogen and oxygen atoms in total. The number of carbonyl (C=O) groups excluding carboxylic acids is 1. The maximum absolute atomic E-state index is 15.2. The minimum absolute atomic E-state index is 0.0880. The second kappa shape index (κ2) is 6.78. The normalized spacial score (nSPS) is 23.7. The average Bonchev–Trinajstić information content (AvgIpc) is 3.17. The first kappa shape index (κ1) is 20.3. The van der Waals surface area contributed by atoms with E-state index in [0.29, 0.717) is 25.1 Å². The maximum atomic E-state index is 15.2. The molecule has 1 unspecified atom stereocenters. The van der Waals surface area contributed by atoms with Gasteiger partial charge >= 0.3 is 6.09 Å². The Morgan fingerprint density at radius 2 is 1.90 bits per heavy atom. The molecule has 3 heterocycles. The predicted octanol–water partition coefficient (Wildman–Crippen LogP) is 2.96. The quantitative estimate of drug-likeness (QED) is 0.814. The molecule has 30 heavy (non-hydrogen) atoms. The van der Waals surface area contributed by atoms with Crippen LogP contribution in [0, 0.1) is 24.1 Å². The van der Waals surface area contributed by atoms with Crippen LogP contribution in [0.2, 0.25) is 0 Å². The summed E-state index contributed by atoms with van der Waals surface area (Å²) < 4.78 is 15.2. The summed E-state index contributed by atoms with van der Waals surface area (Å²) in [7, 11) is 0. The summed E-state index contributed by atoms with van der Waals surface area (Å²) >= 11 is 0. The van der Waals surface area contributed by atoms with Crippen LogP contribution >= 0.6 is 0 Å². The molecule has 0 saturated carbocycles. The van der Waals surface area contributed by atoms with Crippen LogP contribution in [-0.4, -0.2) is 67.1 Å². The summed E-state index contributed by atoms with van der Waals surface area (Å²) in [5, 5.41) is 17.8. The summed E-state index contributed by atoms with van der Waals surface area (Å²) in [6, 6.07) is 3.22. The van der Waals surface area contributed by atoms with Crippen molar-refractivity contribution < 1.29 is 19.1 Å². The highest BCUT2D eigenvalue weighted by Crippen LogP contribution is 2.53. The lowest BCUT2D eigenvalue weighted by Crippen LogP contribution is -2.80. The third-order valence-corrected chi connectivity index (χ3v) is 6.72. The van der Waals surface area contributed by atoms with Gasteiger partial charge in [-0.05, 0) is 30.4 Å². The summed E-state index contributed by atoms with van der Waals surface area (Å²) in [6.07, 6.45) is 2.62. The third-order valence-electron chi connectivity index (χ3n) is 6.72. The fraction of sp³-hybridized carbons (Fsp3) is 0.524. The van der Waals surface area contributed by atoms with Gasteiger partial charge in [-0.3, -0.25) is 9.69 Å². The van der Waals surface area contributed by atoms with Crippen LogP contribution in [0.4, 0.5) is 9.18 Å². The third kappa shape index (κ3) is 2.79. The van der Waals surface area contributed by atoms with E-state index in [9.17, 15) is 14.7 Å². The fourth-order valence-electron chi connectivity index (χ4n) is 5.08. The highest BCUT2D eigenvalue weighted by atomic mass is 19.1.